The minimum Gasteiger partial charge on any atom is -0.481 e. The first-order valence-corrected chi connectivity index (χ1v) is 37.1. The Labute approximate surface area is 615 Å². The van der Waals surface area contributed by atoms with Crippen molar-refractivity contribution in [3.63, 3.8) is 0 Å². The second kappa shape index (κ2) is 43.0. The Hall–Kier alpha value is -9.45. The highest BCUT2D eigenvalue weighted by atomic mass is 35.5. The number of pyridine rings is 2. The molecule has 4 fully saturated rings. The molecule has 0 unspecified atom stereocenters. The lowest BCUT2D eigenvalue weighted by molar-refractivity contribution is -0.145. The Morgan fingerprint density at radius 3 is 1.32 bits per heavy atom. The number of amides is 4. The second-order valence-corrected chi connectivity index (χ2v) is 27.8. The number of imidazole rings is 2. The molecule has 0 aliphatic heterocycles. The minimum absolute atomic E-state index is 0.0192. The van der Waals surface area contributed by atoms with Crippen molar-refractivity contribution < 1.29 is 71.2 Å². The van der Waals surface area contributed by atoms with Crippen LogP contribution in [0.5, 0.6) is 23.0 Å². The highest BCUT2D eigenvalue weighted by Crippen LogP contribution is 2.41. The number of anilines is 2. The van der Waals surface area contributed by atoms with Gasteiger partial charge in [0.15, 0.2) is 23.1 Å². The molecule has 0 spiro atoms. The quantitative estimate of drug-likeness (QED) is 0.0161. The highest BCUT2D eigenvalue weighted by Gasteiger charge is 2.22. The highest BCUT2D eigenvalue weighted by molar-refractivity contribution is 7.23. The second-order valence-electron chi connectivity index (χ2n) is 25.2. The third kappa shape index (κ3) is 28.0. The summed E-state index contributed by atoms with van der Waals surface area (Å²) in [6, 6.07) is 17.0. The van der Waals surface area contributed by atoms with E-state index in [0.717, 1.165) is 119 Å². The van der Waals surface area contributed by atoms with Crippen molar-refractivity contribution >= 4 is 113 Å². The molecule has 9 N–H and O–H groups in total. The summed E-state index contributed by atoms with van der Waals surface area (Å²) < 4.78 is 54.7. The maximum absolute atomic E-state index is 14.9. The first-order chi connectivity index (χ1) is 50.1. The number of benzene rings is 2. The number of aryl methyl sites for hydroxylation is 2. The molecular weight excluding hydrogens is 1400 g/mol. The number of carbonyl (C=O) groups excluding carboxylic acids is 7. The molecular formula is C74H93ClF2N12O13S2. The molecule has 0 saturated heterocycles. The minimum atomic E-state index is -1.06. The number of aromatic nitrogens is 6. The van der Waals surface area contributed by atoms with Crippen LogP contribution in [-0.2, 0) is 60.9 Å². The number of carboxylic acids is 1. The number of ether oxygens (including phenoxy) is 4. The number of thiophene rings is 2. The van der Waals surface area contributed by atoms with Crippen LogP contribution < -0.4 is 42.2 Å². The standard InChI is InChI=1S/C27H28FN5O3S.C18H15FN4OS.C10H17NO3.C9H15NO3.C6H13N.C4H5ClO3/c1-2-33-15-21(30-16-33)24-13-20-27(37-24)23(10-11-29-20)36-22-9-8-18(12-19(22)28)32-26(35)14-25(34)31-17-6-4-3-5-7-17;1-2-23-9-14(22-10-23)17-8-13-18(25-17)16(5-6-21-13)24-15-4-3-11(20)7-12(15)19;1-14-10(13)7-9(12)11-8-5-3-2-4-6-8;11-8(6-9(12)13)10-7-4-2-1-3-5-7;7-6-4-2-1-3-5-6;1-8-4(7)2-3(5)6/h8-13,15-17H,2-7,14H2,1H3,(H,31,34)(H,32,35);3-10H,2,20H2,1H3;8H,2-7H2,1H3,(H,11,12);7H,1-6H2,(H,10,11)(H,12,13);6H,1-5,7H2;2H2,1H3. The van der Waals surface area contributed by atoms with Crippen LogP contribution in [0.4, 0.5) is 20.2 Å². The van der Waals surface area contributed by atoms with E-state index in [2.05, 4.69) is 57.6 Å². The number of nitrogens with zero attached hydrogens (tertiary/aromatic N) is 6. The van der Waals surface area contributed by atoms with Gasteiger partial charge in [0.05, 0.1) is 68.4 Å². The van der Waals surface area contributed by atoms with Crippen molar-refractivity contribution in [1.82, 2.24) is 45.0 Å². The number of carbonyl (C=O) groups is 8. The van der Waals surface area contributed by atoms with E-state index < -0.39 is 47.1 Å². The zero-order chi connectivity index (χ0) is 74.9. The fourth-order valence-corrected chi connectivity index (χ4v) is 13.8. The summed E-state index contributed by atoms with van der Waals surface area (Å²) in [5.41, 5.74) is 15.1. The van der Waals surface area contributed by atoms with Crippen molar-refractivity contribution in [1.29, 1.82) is 0 Å². The van der Waals surface area contributed by atoms with E-state index >= 15 is 0 Å². The van der Waals surface area contributed by atoms with Crippen molar-refractivity contribution in [2.45, 2.75) is 205 Å². The zero-order valence-electron chi connectivity index (χ0n) is 59.1. The summed E-state index contributed by atoms with van der Waals surface area (Å²) in [5.74, 6) is -3.48. The first kappa shape index (κ1) is 81.8. The van der Waals surface area contributed by atoms with Crippen LogP contribution in [0.1, 0.15) is 168 Å². The number of fused-ring (bicyclic) bond motifs is 2. The molecule has 12 rings (SSSR count). The number of methoxy groups -OCH3 is 2. The lowest BCUT2D eigenvalue weighted by Crippen LogP contribution is -2.37. The molecule has 2 aromatic carbocycles. The maximum atomic E-state index is 14.9. The van der Waals surface area contributed by atoms with Gasteiger partial charge in [-0.3, -0.25) is 48.3 Å². The molecule has 4 aliphatic rings. The molecule has 6 heterocycles. The van der Waals surface area contributed by atoms with Crippen molar-refractivity contribution in [2.24, 2.45) is 5.73 Å². The van der Waals surface area contributed by atoms with Crippen LogP contribution in [0.2, 0.25) is 0 Å². The summed E-state index contributed by atoms with van der Waals surface area (Å²) in [5, 5.41) is 18.7. The molecule has 0 atom stereocenters. The van der Waals surface area contributed by atoms with Gasteiger partial charge in [0.2, 0.25) is 28.9 Å². The van der Waals surface area contributed by atoms with Gasteiger partial charge in [0.25, 0.3) is 0 Å². The van der Waals surface area contributed by atoms with Gasteiger partial charge < -0.3 is 65.9 Å². The Kier molecular flexibility index (Phi) is 33.8. The van der Waals surface area contributed by atoms with Crippen LogP contribution in [0.15, 0.2) is 98.1 Å². The number of nitrogens with one attached hydrogen (secondary N) is 4. The number of nitrogen functional groups attached to an aromatic ring is 1. The molecule has 25 nitrogen and oxygen atoms in total. The van der Waals surface area contributed by atoms with Gasteiger partial charge in [-0.2, -0.15) is 0 Å². The van der Waals surface area contributed by atoms with E-state index in [-0.39, 0.29) is 72.3 Å². The molecule has 0 bridgehead atoms. The molecule has 0 radical (unpaired) electrons. The van der Waals surface area contributed by atoms with Crippen LogP contribution in [-0.4, -0.2) is 119 Å². The maximum Gasteiger partial charge on any atom is 0.315 e. The number of carboxylic acid groups (broad SMARTS) is 1. The van der Waals surface area contributed by atoms with Gasteiger partial charge in [-0.05, 0) is 113 Å². The van der Waals surface area contributed by atoms with Crippen LogP contribution >= 0.6 is 34.3 Å². The van der Waals surface area contributed by atoms with Gasteiger partial charge in [-0.25, -0.2) is 18.7 Å². The van der Waals surface area contributed by atoms with E-state index in [1.165, 1.54) is 125 Å². The normalized spacial score (nSPS) is 14.6. The number of aliphatic carboxylic acids is 1. The van der Waals surface area contributed by atoms with Crippen molar-refractivity contribution in [3.05, 3.63) is 110 Å². The van der Waals surface area contributed by atoms with Gasteiger partial charge >= 0.3 is 17.9 Å². The monoisotopic (exact) mass is 1490 g/mol. The molecule has 8 aromatic rings. The SMILES string of the molecule is CCn1cnc(-c2cc3nccc(Oc4ccc(N)cc4F)c3s2)c1.CCn1cnc(-c2cc3nccc(Oc4ccc(NC(=O)CC(=O)NC5CCCCC5)cc4F)c3s2)c1.COC(=O)CC(=O)Cl.COC(=O)CC(=O)NC1CCCCC1.NC1CCCCC1.O=C(O)CC(=O)NC1CCCCC1. The van der Waals surface area contributed by atoms with E-state index in [0.29, 0.717) is 23.2 Å². The third-order valence-electron chi connectivity index (χ3n) is 17.1. The fourth-order valence-electron chi connectivity index (χ4n) is 11.6. The molecule has 30 heteroatoms. The Morgan fingerprint density at radius 2 is 0.942 bits per heavy atom. The van der Waals surface area contributed by atoms with E-state index in [1.807, 2.05) is 40.6 Å². The number of halogens is 3. The summed E-state index contributed by atoms with van der Waals surface area (Å²) in [6.07, 6.45) is 32.6. The Bertz CT molecular complexity index is 4120. The molecule has 6 aromatic heterocycles. The van der Waals surface area contributed by atoms with Crippen LogP contribution in [0.25, 0.3) is 41.6 Å². The zero-order valence-corrected chi connectivity index (χ0v) is 61.5. The van der Waals surface area contributed by atoms with Gasteiger partial charge in [-0.1, -0.05) is 77.0 Å². The molecule has 104 heavy (non-hydrogen) atoms. The third-order valence-corrected chi connectivity index (χ3v) is 19.6. The number of esters is 2. The summed E-state index contributed by atoms with van der Waals surface area (Å²) in [6.45, 7) is 5.80. The molecule has 4 saturated carbocycles. The van der Waals surface area contributed by atoms with Gasteiger partial charge in [0.1, 0.15) is 37.2 Å². The number of nitrogens with two attached hydrogens (primary N) is 2. The summed E-state index contributed by atoms with van der Waals surface area (Å²) in [4.78, 5) is 107. The number of hydrogen-bond acceptors (Lipinski definition) is 20. The smallest absolute Gasteiger partial charge is 0.315 e. The average Bonchev–Trinajstić information content (AvgIpc) is 1.64. The van der Waals surface area contributed by atoms with E-state index in [1.54, 1.807) is 49.3 Å². The average molecular weight is 1500 g/mol. The van der Waals surface area contributed by atoms with Gasteiger partial charge in [-0.15, -0.1) is 22.7 Å². The van der Waals surface area contributed by atoms with Crippen LogP contribution in [0, 0.1) is 11.6 Å². The topological polar surface area (TPSA) is 355 Å². The number of rotatable bonds is 20. The Balaban J connectivity index is 0.000000194. The fraction of sp³-hybridized carbons (Fsp3) is 0.459. The Morgan fingerprint density at radius 1 is 0.529 bits per heavy atom. The van der Waals surface area contributed by atoms with E-state index in [4.69, 9.17) is 37.6 Å². The summed E-state index contributed by atoms with van der Waals surface area (Å²) in [7, 11) is 2.48. The predicted octanol–water partition coefficient (Wildman–Crippen LogP) is 14.1. The summed E-state index contributed by atoms with van der Waals surface area (Å²) >= 11 is 7.81. The lowest BCUT2D eigenvalue weighted by atomic mass is 9.95. The lowest BCUT2D eigenvalue weighted by Gasteiger charge is -2.22. The van der Waals surface area contributed by atoms with Gasteiger partial charge in [0, 0.05) is 97.7 Å². The molecule has 4 amide bonds. The predicted molar refractivity (Wildman–Crippen MR) is 396 cm³/mol. The molecule has 560 valence electrons. The molecule has 4 aliphatic carbocycles. The van der Waals surface area contributed by atoms with Crippen molar-refractivity contribution in [3.8, 4) is 44.1 Å². The van der Waals surface area contributed by atoms with Crippen LogP contribution in [0.3, 0.4) is 0 Å². The van der Waals surface area contributed by atoms with Crippen molar-refractivity contribution in [2.75, 3.05) is 25.3 Å². The van der Waals surface area contributed by atoms with E-state index in [9.17, 15) is 47.1 Å². The largest absolute Gasteiger partial charge is 0.481 e. The first-order valence-electron chi connectivity index (χ1n) is 35.1. The number of hydrogen-bond donors (Lipinski definition) is 7.